The lowest BCUT2D eigenvalue weighted by Crippen LogP contribution is -2.44. The average molecular weight is 343 g/mol. The summed E-state index contributed by atoms with van der Waals surface area (Å²) in [6, 6.07) is 4.21. The Morgan fingerprint density at radius 2 is 2.17 bits per heavy atom. The van der Waals surface area contributed by atoms with Crippen molar-refractivity contribution in [3.8, 4) is 5.75 Å². The zero-order chi connectivity index (χ0) is 17.3. The van der Waals surface area contributed by atoms with Gasteiger partial charge in [0.05, 0.1) is 0 Å². The molecule has 2 aliphatic heterocycles. The SMILES string of the molecule is C[C@H]1COCC[C@H]1C(=O)N1CCCc2cc(OC(F)(F)F)ccc21. The van der Waals surface area contributed by atoms with Gasteiger partial charge in [-0.2, -0.15) is 0 Å². The van der Waals surface area contributed by atoms with Crippen LogP contribution in [0.1, 0.15) is 25.3 Å². The number of hydrogen-bond acceptors (Lipinski definition) is 3. The van der Waals surface area contributed by atoms with Crippen molar-refractivity contribution in [1.29, 1.82) is 0 Å². The van der Waals surface area contributed by atoms with Gasteiger partial charge >= 0.3 is 6.36 Å². The molecule has 2 heterocycles. The number of anilines is 1. The lowest BCUT2D eigenvalue weighted by atomic mass is 9.87. The zero-order valence-electron chi connectivity index (χ0n) is 13.4. The fraction of sp³-hybridized carbons (Fsp3) is 0.588. The molecule has 0 unspecified atom stereocenters. The second-order valence-corrected chi connectivity index (χ2v) is 6.38. The third-order valence-corrected chi connectivity index (χ3v) is 4.63. The van der Waals surface area contributed by atoms with Crippen LogP contribution in [0, 0.1) is 11.8 Å². The van der Waals surface area contributed by atoms with Gasteiger partial charge in [-0.1, -0.05) is 6.92 Å². The summed E-state index contributed by atoms with van der Waals surface area (Å²) >= 11 is 0. The number of fused-ring (bicyclic) bond motifs is 1. The topological polar surface area (TPSA) is 38.8 Å². The molecule has 3 rings (SSSR count). The van der Waals surface area contributed by atoms with Gasteiger partial charge in [-0.15, -0.1) is 13.2 Å². The first kappa shape index (κ1) is 17.1. The first-order valence-electron chi connectivity index (χ1n) is 8.13. The van der Waals surface area contributed by atoms with Gasteiger partial charge in [-0.3, -0.25) is 4.79 Å². The maximum absolute atomic E-state index is 12.9. The average Bonchev–Trinajstić information content (AvgIpc) is 2.52. The summed E-state index contributed by atoms with van der Waals surface area (Å²) in [7, 11) is 0. The van der Waals surface area contributed by atoms with E-state index in [4.69, 9.17) is 4.74 Å². The van der Waals surface area contributed by atoms with E-state index in [0.29, 0.717) is 38.3 Å². The highest BCUT2D eigenvalue weighted by molar-refractivity contribution is 5.96. The number of nitrogens with zero attached hydrogens (tertiary/aromatic N) is 1. The van der Waals surface area contributed by atoms with Crippen molar-refractivity contribution in [3.05, 3.63) is 23.8 Å². The number of rotatable bonds is 2. The Balaban J connectivity index is 1.82. The molecule has 4 nitrogen and oxygen atoms in total. The van der Waals surface area contributed by atoms with Crippen LogP contribution in [0.5, 0.6) is 5.75 Å². The Morgan fingerprint density at radius 3 is 2.88 bits per heavy atom. The molecule has 0 aromatic heterocycles. The molecule has 0 N–H and O–H groups in total. The molecule has 1 saturated heterocycles. The van der Waals surface area contributed by atoms with Gasteiger partial charge in [0.1, 0.15) is 5.75 Å². The van der Waals surface area contributed by atoms with E-state index in [9.17, 15) is 18.0 Å². The van der Waals surface area contributed by atoms with E-state index in [0.717, 1.165) is 12.0 Å². The van der Waals surface area contributed by atoms with Crippen molar-refractivity contribution in [3.63, 3.8) is 0 Å². The van der Waals surface area contributed by atoms with Crippen molar-refractivity contribution < 1.29 is 27.4 Å². The number of ether oxygens (including phenoxy) is 2. The van der Waals surface area contributed by atoms with Gasteiger partial charge in [0.15, 0.2) is 0 Å². The minimum atomic E-state index is -4.71. The number of aryl methyl sites for hydroxylation is 1. The van der Waals surface area contributed by atoms with Crippen molar-refractivity contribution >= 4 is 11.6 Å². The van der Waals surface area contributed by atoms with Gasteiger partial charge in [0, 0.05) is 31.4 Å². The van der Waals surface area contributed by atoms with Crippen LogP contribution >= 0.6 is 0 Å². The first-order valence-corrected chi connectivity index (χ1v) is 8.13. The number of benzene rings is 1. The first-order chi connectivity index (χ1) is 11.3. The van der Waals surface area contributed by atoms with Crippen LogP contribution in [0.3, 0.4) is 0 Å². The highest BCUT2D eigenvalue weighted by atomic mass is 19.4. The molecule has 7 heteroatoms. The van der Waals surface area contributed by atoms with E-state index in [1.807, 2.05) is 6.92 Å². The van der Waals surface area contributed by atoms with Crippen LogP contribution in [-0.4, -0.2) is 32.0 Å². The molecule has 2 atom stereocenters. The normalized spacial score (nSPS) is 24.4. The Labute approximate surface area is 138 Å². The lowest BCUT2D eigenvalue weighted by Gasteiger charge is -2.36. The summed E-state index contributed by atoms with van der Waals surface area (Å²) in [5.41, 5.74) is 1.41. The molecule has 2 aliphatic rings. The standard InChI is InChI=1S/C17H20F3NO3/c1-11-10-23-8-6-14(11)16(22)21-7-2-3-12-9-13(4-5-15(12)21)24-17(18,19)20/h4-5,9,11,14H,2-3,6-8,10H2,1H3/t11-,14+/m0/s1. The molecule has 0 bridgehead atoms. The summed E-state index contributed by atoms with van der Waals surface area (Å²) in [5.74, 6) is -0.161. The summed E-state index contributed by atoms with van der Waals surface area (Å²) < 4.78 is 46.5. The maximum Gasteiger partial charge on any atom is 0.573 e. The number of carbonyl (C=O) groups is 1. The smallest absolute Gasteiger partial charge is 0.406 e. The molecule has 0 spiro atoms. The third-order valence-electron chi connectivity index (χ3n) is 4.63. The van der Waals surface area contributed by atoms with E-state index in [2.05, 4.69) is 4.74 Å². The summed E-state index contributed by atoms with van der Waals surface area (Å²) in [4.78, 5) is 14.6. The van der Waals surface area contributed by atoms with Gasteiger partial charge in [-0.05, 0) is 48.9 Å². The van der Waals surface area contributed by atoms with E-state index in [1.165, 1.54) is 12.1 Å². The highest BCUT2D eigenvalue weighted by Gasteiger charge is 2.35. The predicted octanol–water partition coefficient (Wildman–Crippen LogP) is 3.54. The van der Waals surface area contributed by atoms with Crippen molar-refractivity contribution in [1.82, 2.24) is 0 Å². The predicted molar refractivity (Wildman–Crippen MR) is 81.9 cm³/mol. The van der Waals surface area contributed by atoms with Crippen LogP contribution in [0.15, 0.2) is 18.2 Å². The Morgan fingerprint density at radius 1 is 1.38 bits per heavy atom. The Kier molecular flexibility index (Phi) is 4.71. The molecular formula is C17H20F3NO3. The number of amides is 1. The second-order valence-electron chi connectivity index (χ2n) is 6.38. The van der Waals surface area contributed by atoms with Gasteiger partial charge in [0.25, 0.3) is 0 Å². The Bertz CT molecular complexity index is 618. The molecule has 0 aliphatic carbocycles. The van der Waals surface area contributed by atoms with Crippen LogP contribution < -0.4 is 9.64 Å². The monoisotopic (exact) mass is 343 g/mol. The van der Waals surface area contributed by atoms with Crippen LogP contribution in [0.2, 0.25) is 0 Å². The maximum atomic E-state index is 12.9. The molecule has 0 saturated carbocycles. The molecule has 132 valence electrons. The van der Waals surface area contributed by atoms with E-state index >= 15 is 0 Å². The summed E-state index contributed by atoms with van der Waals surface area (Å²) in [5, 5.41) is 0. The van der Waals surface area contributed by atoms with Gasteiger partial charge < -0.3 is 14.4 Å². The fourth-order valence-corrected chi connectivity index (χ4v) is 3.45. The van der Waals surface area contributed by atoms with Gasteiger partial charge in [-0.25, -0.2) is 0 Å². The molecule has 1 fully saturated rings. The molecule has 1 amide bonds. The van der Waals surface area contributed by atoms with Crippen LogP contribution in [-0.2, 0) is 16.0 Å². The summed E-state index contributed by atoms with van der Waals surface area (Å²) in [6.45, 7) is 3.72. The molecular weight excluding hydrogens is 323 g/mol. The van der Waals surface area contributed by atoms with Crippen LogP contribution in [0.25, 0.3) is 0 Å². The van der Waals surface area contributed by atoms with E-state index in [1.54, 1.807) is 11.0 Å². The van der Waals surface area contributed by atoms with Gasteiger partial charge in [0.2, 0.25) is 5.91 Å². The number of hydrogen-bond donors (Lipinski definition) is 0. The Hall–Kier alpha value is -1.76. The lowest BCUT2D eigenvalue weighted by molar-refractivity contribution is -0.274. The number of halogens is 3. The molecule has 1 aromatic rings. The quantitative estimate of drug-likeness (QED) is 0.824. The molecule has 0 radical (unpaired) electrons. The number of carbonyl (C=O) groups excluding carboxylic acids is 1. The number of alkyl halides is 3. The minimum Gasteiger partial charge on any atom is -0.406 e. The van der Waals surface area contributed by atoms with E-state index in [-0.39, 0.29) is 23.5 Å². The van der Waals surface area contributed by atoms with E-state index < -0.39 is 6.36 Å². The summed E-state index contributed by atoms with van der Waals surface area (Å²) in [6.07, 6.45) is -2.67. The largest absolute Gasteiger partial charge is 0.573 e. The van der Waals surface area contributed by atoms with Crippen molar-refractivity contribution in [2.75, 3.05) is 24.7 Å². The third kappa shape index (κ3) is 3.66. The zero-order valence-corrected chi connectivity index (χ0v) is 13.4. The molecule has 24 heavy (non-hydrogen) atoms. The second kappa shape index (κ2) is 6.63. The van der Waals surface area contributed by atoms with Crippen LogP contribution in [0.4, 0.5) is 18.9 Å². The van der Waals surface area contributed by atoms with Crippen molar-refractivity contribution in [2.45, 2.75) is 32.5 Å². The minimum absolute atomic E-state index is 0.0382. The highest BCUT2D eigenvalue weighted by Crippen LogP contribution is 2.35. The fourth-order valence-electron chi connectivity index (χ4n) is 3.45. The van der Waals surface area contributed by atoms with Crippen molar-refractivity contribution in [2.24, 2.45) is 11.8 Å². The molecule has 1 aromatic carbocycles.